The molecule has 3 N–H and O–H groups in total. The van der Waals surface area contributed by atoms with Gasteiger partial charge in [-0.15, -0.1) is 11.3 Å². The van der Waals surface area contributed by atoms with E-state index in [2.05, 4.69) is 27.3 Å². The molecule has 0 aliphatic rings. The Hall–Kier alpha value is -0.390. The van der Waals surface area contributed by atoms with Crippen LogP contribution in [0.1, 0.15) is 18.7 Å². The summed E-state index contributed by atoms with van der Waals surface area (Å²) in [6.45, 7) is 4.54. The second kappa shape index (κ2) is 6.37. The first-order valence-corrected chi connectivity index (χ1v) is 6.89. The van der Waals surface area contributed by atoms with Crippen molar-refractivity contribution in [2.75, 3.05) is 6.54 Å². The minimum atomic E-state index is -0.407. The van der Waals surface area contributed by atoms with E-state index in [0.717, 1.165) is 10.2 Å². The summed E-state index contributed by atoms with van der Waals surface area (Å²) in [5.41, 5.74) is 5.73. The van der Waals surface area contributed by atoms with Crippen LogP contribution in [-0.2, 0) is 11.2 Å². The van der Waals surface area contributed by atoms with Crippen LogP contribution in [0.3, 0.4) is 0 Å². The first-order valence-electron chi connectivity index (χ1n) is 5.28. The first-order chi connectivity index (χ1) is 7.50. The van der Waals surface area contributed by atoms with Gasteiger partial charge in [-0.1, -0.05) is 13.8 Å². The molecule has 1 rings (SSSR count). The Balaban J connectivity index is 2.28. The van der Waals surface area contributed by atoms with Crippen molar-refractivity contribution in [3.8, 4) is 0 Å². The molecule has 1 amide bonds. The number of nitrogens with one attached hydrogen (secondary N) is 1. The first kappa shape index (κ1) is 13.7. The second-order valence-corrected chi connectivity index (χ2v) is 6.56. The minimum absolute atomic E-state index is 0.0642. The van der Waals surface area contributed by atoms with Crippen LogP contribution in [0, 0.1) is 5.92 Å². The van der Waals surface area contributed by atoms with Gasteiger partial charge in [0.2, 0.25) is 5.91 Å². The van der Waals surface area contributed by atoms with E-state index >= 15 is 0 Å². The maximum atomic E-state index is 11.5. The Morgan fingerprint density at radius 2 is 2.25 bits per heavy atom. The zero-order valence-corrected chi connectivity index (χ0v) is 11.9. The molecule has 0 saturated heterocycles. The highest BCUT2D eigenvalue weighted by atomic mass is 79.9. The highest BCUT2D eigenvalue weighted by Crippen LogP contribution is 2.21. The Labute approximate surface area is 109 Å². The molecule has 1 aromatic heterocycles. The van der Waals surface area contributed by atoms with Gasteiger partial charge >= 0.3 is 0 Å². The van der Waals surface area contributed by atoms with Crippen molar-refractivity contribution in [2.45, 2.75) is 26.3 Å². The molecule has 5 heteroatoms. The monoisotopic (exact) mass is 304 g/mol. The van der Waals surface area contributed by atoms with Crippen molar-refractivity contribution < 1.29 is 4.79 Å². The van der Waals surface area contributed by atoms with Crippen molar-refractivity contribution in [3.63, 3.8) is 0 Å². The van der Waals surface area contributed by atoms with E-state index in [1.807, 2.05) is 19.9 Å². The normalized spacial score (nSPS) is 12.8. The highest BCUT2D eigenvalue weighted by molar-refractivity contribution is 9.11. The standard InChI is InChI=1S/C11H17BrN2OS/c1-7(2)10(13)11(15)14-6-5-8-3-4-9(12)16-8/h3-4,7,10H,5-6,13H2,1-2H3,(H,14,15)/t10-/m1/s1. The lowest BCUT2D eigenvalue weighted by atomic mass is 10.1. The van der Waals surface area contributed by atoms with Gasteiger partial charge in [-0.05, 0) is 40.4 Å². The van der Waals surface area contributed by atoms with Crippen LogP contribution in [0.15, 0.2) is 15.9 Å². The Bertz CT molecular complexity index is 352. The summed E-state index contributed by atoms with van der Waals surface area (Å²) in [5, 5.41) is 2.85. The zero-order valence-electron chi connectivity index (χ0n) is 9.50. The van der Waals surface area contributed by atoms with Crippen LogP contribution in [0.4, 0.5) is 0 Å². The average Bonchev–Trinajstić information content (AvgIpc) is 2.62. The molecule has 90 valence electrons. The number of thiophene rings is 1. The lowest BCUT2D eigenvalue weighted by Crippen LogP contribution is -2.44. The maximum Gasteiger partial charge on any atom is 0.237 e. The third-order valence-corrected chi connectivity index (χ3v) is 4.00. The van der Waals surface area contributed by atoms with E-state index in [0.29, 0.717) is 6.54 Å². The highest BCUT2D eigenvalue weighted by Gasteiger charge is 2.16. The molecule has 0 aromatic carbocycles. The van der Waals surface area contributed by atoms with Crippen LogP contribution in [0.25, 0.3) is 0 Å². The molecule has 0 fully saturated rings. The van der Waals surface area contributed by atoms with Crippen LogP contribution >= 0.6 is 27.3 Å². The molecule has 1 atom stereocenters. The lowest BCUT2D eigenvalue weighted by Gasteiger charge is -2.14. The van der Waals surface area contributed by atoms with Crippen LogP contribution < -0.4 is 11.1 Å². The molecule has 0 radical (unpaired) electrons. The van der Waals surface area contributed by atoms with Crippen molar-refractivity contribution in [3.05, 3.63) is 20.8 Å². The van der Waals surface area contributed by atoms with E-state index in [1.165, 1.54) is 4.88 Å². The van der Waals surface area contributed by atoms with Gasteiger partial charge in [-0.25, -0.2) is 0 Å². The summed E-state index contributed by atoms with van der Waals surface area (Å²) >= 11 is 5.09. The van der Waals surface area contributed by atoms with Crippen molar-refractivity contribution in [1.82, 2.24) is 5.32 Å². The third-order valence-electron chi connectivity index (χ3n) is 2.32. The number of rotatable bonds is 5. The molecule has 3 nitrogen and oxygen atoms in total. The van der Waals surface area contributed by atoms with E-state index in [9.17, 15) is 4.79 Å². The molecule has 16 heavy (non-hydrogen) atoms. The Morgan fingerprint density at radius 3 is 2.75 bits per heavy atom. The fraction of sp³-hybridized carbons (Fsp3) is 0.545. The number of amides is 1. The fourth-order valence-corrected chi connectivity index (χ4v) is 2.70. The number of carbonyl (C=O) groups excluding carboxylic acids is 1. The third kappa shape index (κ3) is 4.23. The van der Waals surface area contributed by atoms with Crippen molar-refractivity contribution in [2.24, 2.45) is 11.7 Å². The molecule has 1 aromatic rings. The van der Waals surface area contributed by atoms with Gasteiger partial charge < -0.3 is 11.1 Å². The van der Waals surface area contributed by atoms with Crippen LogP contribution in [0.5, 0.6) is 0 Å². The van der Waals surface area contributed by atoms with Gasteiger partial charge in [0.1, 0.15) is 0 Å². The van der Waals surface area contributed by atoms with Crippen LogP contribution in [0.2, 0.25) is 0 Å². The number of carbonyl (C=O) groups is 1. The molecule has 0 aliphatic heterocycles. The Kier molecular flexibility index (Phi) is 5.44. The summed E-state index contributed by atoms with van der Waals surface area (Å²) in [6.07, 6.45) is 0.854. The average molecular weight is 305 g/mol. The quantitative estimate of drug-likeness (QED) is 0.876. The molecule has 0 bridgehead atoms. The smallest absolute Gasteiger partial charge is 0.237 e. The van der Waals surface area contributed by atoms with Gasteiger partial charge in [-0.3, -0.25) is 4.79 Å². The Morgan fingerprint density at radius 1 is 1.56 bits per heavy atom. The lowest BCUT2D eigenvalue weighted by molar-refractivity contribution is -0.123. The number of hydrogen-bond acceptors (Lipinski definition) is 3. The maximum absolute atomic E-state index is 11.5. The fourth-order valence-electron chi connectivity index (χ4n) is 1.22. The summed E-state index contributed by atoms with van der Waals surface area (Å²) in [4.78, 5) is 12.8. The van der Waals surface area contributed by atoms with E-state index in [4.69, 9.17) is 5.73 Å². The summed E-state index contributed by atoms with van der Waals surface area (Å²) in [7, 11) is 0. The topological polar surface area (TPSA) is 55.1 Å². The number of halogens is 1. The summed E-state index contributed by atoms with van der Waals surface area (Å²) in [5.74, 6) is 0.113. The molecular formula is C11H17BrN2OS. The van der Waals surface area contributed by atoms with Gasteiger partial charge in [0.25, 0.3) is 0 Å². The van der Waals surface area contributed by atoms with Gasteiger partial charge in [0.05, 0.1) is 9.83 Å². The SMILES string of the molecule is CC(C)[C@@H](N)C(=O)NCCc1ccc(Br)s1. The van der Waals surface area contributed by atoms with E-state index < -0.39 is 6.04 Å². The number of nitrogens with two attached hydrogens (primary N) is 1. The molecule has 1 heterocycles. The predicted octanol–water partition coefficient (Wildman–Crippen LogP) is 2.15. The van der Waals surface area contributed by atoms with E-state index in [1.54, 1.807) is 11.3 Å². The van der Waals surface area contributed by atoms with Gasteiger partial charge in [0.15, 0.2) is 0 Å². The summed E-state index contributed by atoms with van der Waals surface area (Å²) in [6, 6.07) is 3.67. The van der Waals surface area contributed by atoms with Crippen LogP contribution in [-0.4, -0.2) is 18.5 Å². The molecule has 0 aliphatic carbocycles. The molecular weight excluding hydrogens is 288 g/mol. The molecule has 0 unspecified atom stereocenters. The minimum Gasteiger partial charge on any atom is -0.354 e. The second-order valence-electron chi connectivity index (χ2n) is 4.02. The zero-order chi connectivity index (χ0) is 12.1. The molecule has 0 spiro atoms. The summed E-state index contributed by atoms with van der Waals surface area (Å²) < 4.78 is 1.12. The predicted molar refractivity (Wildman–Crippen MR) is 71.5 cm³/mol. The van der Waals surface area contributed by atoms with Crippen molar-refractivity contribution in [1.29, 1.82) is 0 Å². The van der Waals surface area contributed by atoms with Crippen molar-refractivity contribution >= 4 is 33.2 Å². The van der Waals surface area contributed by atoms with E-state index in [-0.39, 0.29) is 11.8 Å². The van der Waals surface area contributed by atoms with Gasteiger partial charge in [0, 0.05) is 11.4 Å². The number of hydrogen-bond donors (Lipinski definition) is 2. The largest absolute Gasteiger partial charge is 0.354 e. The van der Waals surface area contributed by atoms with Gasteiger partial charge in [-0.2, -0.15) is 0 Å². The molecule has 0 saturated carbocycles.